The number of hydrogen-bond acceptors (Lipinski definition) is 6. The number of anilines is 3. The topological polar surface area (TPSA) is 101 Å². The molecule has 2 fully saturated rings. The van der Waals surface area contributed by atoms with Crippen LogP contribution >= 0.6 is 0 Å². The first-order valence-corrected chi connectivity index (χ1v) is 11.0. The van der Waals surface area contributed by atoms with Crippen LogP contribution in [0.2, 0.25) is 0 Å². The fourth-order valence-corrected chi connectivity index (χ4v) is 4.39. The van der Waals surface area contributed by atoms with E-state index < -0.39 is 5.60 Å². The number of nitrogen functional groups attached to an aromatic ring is 1. The van der Waals surface area contributed by atoms with E-state index in [-0.39, 0.29) is 17.4 Å². The van der Waals surface area contributed by atoms with Gasteiger partial charge in [0.2, 0.25) is 0 Å². The average molecular weight is 438 g/mol. The highest BCUT2D eigenvalue weighted by atomic mass is 16.6. The lowest BCUT2D eigenvalue weighted by Crippen LogP contribution is -2.37. The van der Waals surface area contributed by atoms with E-state index in [1.807, 2.05) is 43.9 Å². The Morgan fingerprint density at radius 2 is 1.84 bits per heavy atom. The molecule has 2 saturated heterocycles. The van der Waals surface area contributed by atoms with Gasteiger partial charge < -0.3 is 25.6 Å². The SMILES string of the molecule is CC(C)(C)OC(=O)N1CCC2(CCN(c3ccc(C(=O)Nc4ccccc4N)cn3)C2)C1. The molecular formula is C24H31N5O3. The predicted molar refractivity (Wildman–Crippen MR) is 125 cm³/mol. The van der Waals surface area contributed by atoms with Crippen LogP contribution in [0.4, 0.5) is 22.0 Å². The fourth-order valence-electron chi connectivity index (χ4n) is 4.39. The van der Waals surface area contributed by atoms with Gasteiger partial charge in [-0.2, -0.15) is 0 Å². The van der Waals surface area contributed by atoms with Crippen molar-refractivity contribution in [2.75, 3.05) is 42.1 Å². The molecular weight excluding hydrogens is 406 g/mol. The summed E-state index contributed by atoms with van der Waals surface area (Å²) in [5.41, 5.74) is 7.06. The Kier molecular flexibility index (Phi) is 5.71. The van der Waals surface area contributed by atoms with Gasteiger partial charge in [0.05, 0.1) is 16.9 Å². The van der Waals surface area contributed by atoms with Crippen molar-refractivity contribution in [3.05, 3.63) is 48.2 Å². The molecule has 8 heteroatoms. The summed E-state index contributed by atoms with van der Waals surface area (Å²) >= 11 is 0. The lowest BCUT2D eigenvalue weighted by atomic mass is 9.86. The van der Waals surface area contributed by atoms with E-state index in [0.29, 0.717) is 23.5 Å². The molecule has 0 radical (unpaired) electrons. The third kappa shape index (κ3) is 4.79. The smallest absolute Gasteiger partial charge is 0.410 e. The Morgan fingerprint density at radius 1 is 1.09 bits per heavy atom. The molecule has 170 valence electrons. The Hall–Kier alpha value is -3.29. The number of ether oxygens (including phenoxy) is 1. The number of aromatic nitrogens is 1. The minimum Gasteiger partial charge on any atom is -0.444 e. The summed E-state index contributed by atoms with van der Waals surface area (Å²) in [5, 5.41) is 2.82. The number of para-hydroxylation sites is 2. The number of carbonyl (C=O) groups excluding carboxylic acids is 2. The molecule has 3 N–H and O–H groups in total. The molecule has 0 saturated carbocycles. The van der Waals surface area contributed by atoms with Crippen molar-refractivity contribution in [2.45, 2.75) is 39.2 Å². The predicted octanol–water partition coefficient (Wildman–Crippen LogP) is 3.75. The van der Waals surface area contributed by atoms with Crippen molar-refractivity contribution in [3.63, 3.8) is 0 Å². The molecule has 2 aliphatic rings. The Morgan fingerprint density at radius 3 is 2.53 bits per heavy atom. The largest absolute Gasteiger partial charge is 0.444 e. The van der Waals surface area contributed by atoms with E-state index in [4.69, 9.17) is 10.5 Å². The van der Waals surface area contributed by atoms with E-state index in [1.54, 1.807) is 24.4 Å². The molecule has 2 aromatic rings. The molecule has 8 nitrogen and oxygen atoms in total. The van der Waals surface area contributed by atoms with Crippen LogP contribution in [0, 0.1) is 5.41 Å². The Labute approximate surface area is 188 Å². The van der Waals surface area contributed by atoms with Crippen molar-refractivity contribution in [1.29, 1.82) is 0 Å². The van der Waals surface area contributed by atoms with Gasteiger partial charge >= 0.3 is 6.09 Å². The normalized spacial score (nSPS) is 20.6. The number of nitrogens with two attached hydrogens (primary N) is 1. The molecule has 0 aliphatic carbocycles. The van der Waals surface area contributed by atoms with Crippen molar-refractivity contribution >= 4 is 29.2 Å². The molecule has 1 unspecified atom stereocenters. The van der Waals surface area contributed by atoms with Gasteiger partial charge in [-0.15, -0.1) is 0 Å². The molecule has 1 aromatic heterocycles. The molecule has 0 bridgehead atoms. The van der Waals surface area contributed by atoms with Gasteiger partial charge in [-0.3, -0.25) is 4.79 Å². The molecule has 3 heterocycles. The number of nitrogens with zero attached hydrogens (tertiary/aromatic N) is 3. The first-order chi connectivity index (χ1) is 15.1. The lowest BCUT2D eigenvalue weighted by molar-refractivity contribution is 0.0276. The van der Waals surface area contributed by atoms with Gasteiger partial charge in [0.25, 0.3) is 5.91 Å². The fraction of sp³-hybridized carbons (Fsp3) is 0.458. The third-order valence-electron chi connectivity index (χ3n) is 6.07. The summed E-state index contributed by atoms with van der Waals surface area (Å²) in [7, 11) is 0. The number of hydrogen-bond donors (Lipinski definition) is 2. The van der Waals surface area contributed by atoms with Crippen molar-refractivity contribution in [3.8, 4) is 0 Å². The second-order valence-corrected chi connectivity index (χ2v) is 9.77. The summed E-state index contributed by atoms with van der Waals surface area (Å²) in [4.78, 5) is 33.6. The van der Waals surface area contributed by atoms with Gasteiger partial charge in [0.1, 0.15) is 11.4 Å². The number of nitrogens with one attached hydrogen (secondary N) is 1. The van der Waals surface area contributed by atoms with Gasteiger partial charge in [-0.25, -0.2) is 9.78 Å². The van der Waals surface area contributed by atoms with E-state index in [1.165, 1.54) is 0 Å². The number of amides is 2. The maximum Gasteiger partial charge on any atom is 0.410 e. The summed E-state index contributed by atoms with van der Waals surface area (Å²) in [5.74, 6) is 0.594. The number of rotatable bonds is 3. The standard InChI is InChI=1S/C24H31N5O3/c1-23(2,3)32-22(31)29-13-11-24(16-29)10-12-28(15-24)20-9-8-17(14-26-20)21(30)27-19-7-5-4-6-18(19)25/h4-9,14H,10-13,15-16,25H2,1-3H3,(H,27,30). The van der Waals surface area contributed by atoms with Crippen LogP contribution in [0.3, 0.4) is 0 Å². The van der Waals surface area contributed by atoms with Crippen LogP contribution in [-0.2, 0) is 4.74 Å². The third-order valence-corrected chi connectivity index (χ3v) is 6.07. The van der Waals surface area contributed by atoms with E-state index in [9.17, 15) is 9.59 Å². The second-order valence-electron chi connectivity index (χ2n) is 9.77. The molecule has 1 atom stereocenters. The molecule has 1 spiro atoms. The number of benzene rings is 1. The van der Waals surface area contributed by atoms with Crippen molar-refractivity contribution in [1.82, 2.24) is 9.88 Å². The molecule has 32 heavy (non-hydrogen) atoms. The highest BCUT2D eigenvalue weighted by molar-refractivity contribution is 6.05. The van der Waals surface area contributed by atoms with Crippen LogP contribution in [0.15, 0.2) is 42.6 Å². The lowest BCUT2D eigenvalue weighted by Gasteiger charge is -2.27. The molecule has 4 rings (SSSR count). The summed E-state index contributed by atoms with van der Waals surface area (Å²) in [6.07, 6.45) is 3.32. The maximum absolute atomic E-state index is 12.5. The molecule has 1 aromatic carbocycles. The van der Waals surface area contributed by atoms with Crippen LogP contribution in [0.1, 0.15) is 44.0 Å². The number of pyridine rings is 1. The van der Waals surface area contributed by atoms with E-state index in [0.717, 1.165) is 38.3 Å². The monoisotopic (exact) mass is 437 g/mol. The summed E-state index contributed by atoms with van der Waals surface area (Å²) in [6.45, 7) is 8.80. The van der Waals surface area contributed by atoms with Crippen LogP contribution in [0.25, 0.3) is 0 Å². The molecule has 2 aliphatic heterocycles. The summed E-state index contributed by atoms with van der Waals surface area (Å²) < 4.78 is 5.54. The first kappa shape index (κ1) is 21.9. The van der Waals surface area contributed by atoms with E-state index in [2.05, 4.69) is 15.2 Å². The quantitative estimate of drug-likeness (QED) is 0.709. The molecule has 2 amide bonds. The van der Waals surface area contributed by atoms with Crippen LogP contribution < -0.4 is 16.0 Å². The van der Waals surface area contributed by atoms with Gasteiger partial charge in [0.15, 0.2) is 0 Å². The zero-order chi connectivity index (χ0) is 22.9. The van der Waals surface area contributed by atoms with Crippen LogP contribution in [-0.4, -0.2) is 53.7 Å². The minimum absolute atomic E-state index is 0.0689. The zero-order valence-electron chi connectivity index (χ0n) is 18.9. The maximum atomic E-state index is 12.5. The van der Waals surface area contributed by atoms with Crippen molar-refractivity contribution in [2.24, 2.45) is 5.41 Å². The minimum atomic E-state index is -0.487. The zero-order valence-corrected chi connectivity index (χ0v) is 18.9. The van der Waals surface area contributed by atoms with Crippen molar-refractivity contribution < 1.29 is 14.3 Å². The Balaban J connectivity index is 1.36. The van der Waals surface area contributed by atoms with Crippen LogP contribution in [0.5, 0.6) is 0 Å². The number of likely N-dealkylation sites (tertiary alicyclic amines) is 1. The number of carbonyl (C=O) groups is 2. The first-order valence-electron chi connectivity index (χ1n) is 11.0. The van der Waals surface area contributed by atoms with Gasteiger partial charge in [0, 0.05) is 37.8 Å². The Bertz CT molecular complexity index is 1000. The highest BCUT2D eigenvalue weighted by Gasteiger charge is 2.45. The highest BCUT2D eigenvalue weighted by Crippen LogP contribution is 2.41. The van der Waals surface area contributed by atoms with E-state index >= 15 is 0 Å². The summed E-state index contributed by atoms with van der Waals surface area (Å²) in [6, 6.07) is 10.8. The average Bonchev–Trinajstić information content (AvgIpc) is 3.36. The second kappa shape index (κ2) is 8.33. The van der Waals surface area contributed by atoms with Gasteiger partial charge in [-0.05, 0) is 57.9 Å². The van der Waals surface area contributed by atoms with Gasteiger partial charge in [-0.1, -0.05) is 12.1 Å².